The van der Waals surface area contributed by atoms with E-state index in [2.05, 4.69) is 10.6 Å². The van der Waals surface area contributed by atoms with E-state index < -0.39 is 18.4 Å². The van der Waals surface area contributed by atoms with Crippen molar-refractivity contribution in [2.75, 3.05) is 14.1 Å². The number of nitrogens with one attached hydrogen (secondary N) is 3. The number of hydrogen-bond acceptors (Lipinski definition) is 3. The molecule has 1 heterocycles. The zero-order valence-electron chi connectivity index (χ0n) is 6.34. The van der Waals surface area contributed by atoms with E-state index in [1.54, 1.807) is 19.0 Å². The Morgan fingerprint density at radius 2 is 1.64 bits per heavy atom. The number of amides is 4. The summed E-state index contributed by atoms with van der Waals surface area (Å²) in [6.45, 7) is 0. The maximum atomic E-state index is 10.7. The number of hydrogen-bond donors (Lipinski definition) is 3. The van der Waals surface area contributed by atoms with E-state index >= 15 is 0 Å². The summed E-state index contributed by atoms with van der Waals surface area (Å²) < 4.78 is 0. The van der Waals surface area contributed by atoms with Crippen molar-refractivity contribution in [3.8, 4) is 0 Å². The molecule has 11 heavy (non-hydrogen) atoms. The molecule has 1 saturated heterocycles. The van der Waals surface area contributed by atoms with Gasteiger partial charge < -0.3 is 10.6 Å². The van der Waals surface area contributed by atoms with Crippen molar-refractivity contribution >= 4 is 12.1 Å². The number of imide groups is 1. The van der Waals surface area contributed by atoms with E-state index in [0.717, 1.165) is 0 Å². The van der Waals surface area contributed by atoms with Gasteiger partial charge in [0.05, 0.1) is 0 Å². The van der Waals surface area contributed by atoms with Crippen LogP contribution in [0.2, 0.25) is 0 Å². The molecule has 0 saturated carbocycles. The smallest absolute Gasteiger partial charge is 0.305 e. The molecule has 3 N–H and O–H groups in total. The molecule has 1 rings (SSSR count). The predicted octanol–water partition coefficient (Wildman–Crippen LogP) is -1.15. The number of carbonyl (C=O) groups excluding carboxylic acids is 2. The first-order valence-electron chi connectivity index (χ1n) is 3.14. The van der Waals surface area contributed by atoms with Crippen molar-refractivity contribution < 1.29 is 9.59 Å². The number of carbonyl (C=O) groups is 2. The molecule has 1 fully saturated rings. The van der Waals surface area contributed by atoms with Crippen molar-refractivity contribution in [3.63, 3.8) is 0 Å². The first-order chi connectivity index (χ1) is 5.09. The molecular formula is C5H10N4O2. The molecule has 0 aromatic carbocycles. The average Bonchev–Trinajstić information content (AvgIpc) is 1.85. The second-order valence-electron chi connectivity index (χ2n) is 2.44. The largest absolute Gasteiger partial charge is 0.325 e. The summed E-state index contributed by atoms with van der Waals surface area (Å²) in [5.41, 5.74) is 0. The first-order valence-corrected chi connectivity index (χ1v) is 3.14. The molecule has 0 aromatic heterocycles. The van der Waals surface area contributed by atoms with Gasteiger partial charge in [-0.3, -0.25) is 10.2 Å². The molecule has 0 aromatic rings. The van der Waals surface area contributed by atoms with Crippen LogP contribution in [0.15, 0.2) is 0 Å². The average molecular weight is 158 g/mol. The molecule has 0 atom stereocenters. The van der Waals surface area contributed by atoms with E-state index in [-0.39, 0.29) is 0 Å². The monoisotopic (exact) mass is 158 g/mol. The van der Waals surface area contributed by atoms with Gasteiger partial charge >= 0.3 is 12.1 Å². The van der Waals surface area contributed by atoms with Gasteiger partial charge in [-0.15, -0.1) is 0 Å². The van der Waals surface area contributed by atoms with Gasteiger partial charge in [0, 0.05) is 0 Å². The standard InChI is InChI=1S/C5H10N4O2/c1-9(2)3-6-4(10)8-5(11)7-3/h3H,1-2H3,(H3,6,7,8,10,11). The van der Waals surface area contributed by atoms with Gasteiger partial charge in [0.25, 0.3) is 0 Å². The van der Waals surface area contributed by atoms with Crippen LogP contribution in [0.25, 0.3) is 0 Å². The van der Waals surface area contributed by atoms with Crippen LogP contribution >= 0.6 is 0 Å². The van der Waals surface area contributed by atoms with Gasteiger partial charge in [-0.25, -0.2) is 9.59 Å². The topological polar surface area (TPSA) is 73.5 Å². The molecule has 62 valence electrons. The lowest BCUT2D eigenvalue weighted by Crippen LogP contribution is -2.66. The summed E-state index contributed by atoms with van der Waals surface area (Å²) in [6, 6.07) is -0.958. The van der Waals surface area contributed by atoms with Crippen LogP contribution in [-0.4, -0.2) is 37.3 Å². The third kappa shape index (κ3) is 1.81. The SMILES string of the molecule is CN(C)C1NC(=O)NC(=O)N1. The Balaban J connectivity index is 2.56. The maximum absolute atomic E-state index is 10.7. The van der Waals surface area contributed by atoms with E-state index in [1.165, 1.54) is 0 Å². The van der Waals surface area contributed by atoms with Gasteiger partial charge in [-0.2, -0.15) is 0 Å². The summed E-state index contributed by atoms with van der Waals surface area (Å²) in [6.07, 6.45) is -0.420. The van der Waals surface area contributed by atoms with Crippen molar-refractivity contribution in [2.24, 2.45) is 0 Å². The molecule has 1 aliphatic heterocycles. The van der Waals surface area contributed by atoms with Crippen molar-refractivity contribution in [1.29, 1.82) is 0 Å². The summed E-state index contributed by atoms with van der Waals surface area (Å²) in [5, 5.41) is 7.02. The lowest BCUT2D eigenvalue weighted by Gasteiger charge is -2.29. The minimum atomic E-state index is -0.479. The molecule has 0 radical (unpaired) electrons. The Labute approximate surface area is 63.9 Å². The molecule has 0 aliphatic carbocycles. The summed E-state index contributed by atoms with van der Waals surface area (Å²) >= 11 is 0. The molecule has 6 nitrogen and oxygen atoms in total. The van der Waals surface area contributed by atoms with Crippen LogP contribution in [0.3, 0.4) is 0 Å². The molecule has 0 unspecified atom stereocenters. The lowest BCUT2D eigenvalue weighted by atomic mass is 10.6. The normalized spacial score (nSPS) is 19.2. The third-order valence-electron chi connectivity index (χ3n) is 1.28. The Bertz CT molecular complexity index is 175. The zero-order valence-corrected chi connectivity index (χ0v) is 6.34. The van der Waals surface area contributed by atoms with Crippen LogP contribution in [0.1, 0.15) is 0 Å². The van der Waals surface area contributed by atoms with Gasteiger partial charge in [0.1, 0.15) is 0 Å². The molecule has 6 heteroatoms. The summed E-state index contributed by atoms with van der Waals surface area (Å²) in [4.78, 5) is 23.0. The fourth-order valence-electron chi connectivity index (χ4n) is 0.718. The maximum Gasteiger partial charge on any atom is 0.325 e. The van der Waals surface area contributed by atoms with Crippen molar-refractivity contribution in [3.05, 3.63) is 0 Å². The van der Waals surface area contributed by atoms with E-state index in [4.69, 9.17) is 0 Å². The Morgan fingerprint density at radius 1 is 1.18 bits per heavy atom. The highest BCUT2D eigenvalue weighted by atomic mass is 16.2. The Kier molecular flexibility index (Phi) is 1.95. The highest BCUT2D eigenvalue weighted by Crippen LogP contribution is 1.88. The molecule has 0 spiro atoms. The van der Waals surface area contributed by atoms with E-state index in [1.807, 2.05) is 5.32 Å². The Hall–Kier alpha value is -1.30. The van der Waals surface area contributed by atoms with Crippen molar-refractivity contribution in [1.82, 2.24) is 20.9 Å². The minimum absolute atomic E-state index is 0.420. The van der Waals surface area contributed by atoms with Crippen LogP contribution in [0, 0.1) is 0 Å². The molecule has 1 aliphatic rings. The number of urea groups is 2. The van der Waals surface area contributed by atoms with Crippen LogP contribution in [0.5, 0.6) is 0 Å². The number of rotatable bonds is 1. The van der Waals surface area contributed by atoms with E-state index in [9.17, 15) is 9.59 Å². The quantitative estimate of drug-likeness (QED) is 0.451. The summed E-state index contributed by atoms with van der Waals surface area (Å²) in [5.74, 6) is 0. The lowest BCUT2D eigenvalue weighted by molar-refractivity contribution is 0.168. The highest BCUT2D eigenvalue weighted by molar-refractivity contribution is 5.95. The molecular weight excluding hydrogens is 148 g/mol. The second-order valence-corrected chi connectivity index (χ2v) is 2.44. The van der Waals surface area contributed by atoms with Gasteiger partial charge in [0.15, 0.2) is 6.29 Å². The molecule has 4 amide bonds. The minimum Gasteiger partial charge on any atom is -0.305 e. The van der Waals surface area contributed by atoms with Gasteiger partial charge in [-0.1, -0.05) is 0 Å². The van der Waals surface area contributed by atoms with Crippen LogP contribution < -0.4 is 16.0 Å². The summed E-state index contributed by atoms with van der Waals surface area (Å²) in [7, 11) is 3.49. The van der Waals surface area contributed by atoms with Gasteiger partial charge in [-0.05, 0) is 14.1 Å². The second kappa shape index (κ2) is 2.75. The predicted molar refractivity (Wildman–Crippen MR) is 37.7 cm³/mol. The van der Waals surface area contributed by atoms with Crippen LogP contribution in [0.4, 0.5) is 9.59 Å². The zero-order chi connectivity index (χ0) is 8.43. The fourth-order valence-corrected chi connectivity index (χ4v) is 0.718. The van der Waals surface area contributed by atoms with Gasteiger partial charge in [0.2, 0.25) is 0 Å². The third-order valence-corrected chi connectivity index (χ3v) is 1.28. The fraction of sp³-hybridized carbons (Fsp3) is 0.600. The molecule has 0 bridgehead atoms. The van der Waals surface area contributed by atoms with E-state index in [0.29, 0.717) is 0 Å². The van der Waals surface area contributed by atoms with Crippen molar-refractivity contribution in [2.45, 2.75) is 6.29 Å². The highest BCUT2D eigenvalue weighted by Gasteiger charge is 2.23. The van der Waals surface area contributed by atoms with Crippen LogP contribution in [-0.2, 0) is 0 Å². The number of nitrogens with zero attached hydrogens (tertiary/aromatic N) is 1. The first kappa shape index (κ1) is 7.80. The Morgan fingerprint density at radius 3 is 2.00 bits per heavy atom.